The van der Waals surface area contributed by atoms with E-state index in [0.29, 0.717) is 0 Å². The third-order valence-corrected chi connectivity index (χ3v) is 3.27. The first-order chi connectivity index (χ1) is 6.20. The first-order valence-corrected chi connectivity index (χ1v) is 5.16. The van der Waals surface area contributed by atoms with Gasteiger partial charge < -0.3 is 0 Å². The molecule has 13 heavy (non-hydrogen) atoms. The fourth-order valence-corrected chi connectivity index (χ4v) is 2.54. The molecule has 0 amide bonds. The first kappa shape index (κ1) is 8.62. The van der Waals surface area contributed by atoms with Gasteiger partial charge in [0.15, 0.2) is 0 Å². The molecule has 4 nitrogen and oxygen atoms in total. The van der Waals surface area contributed by atoms with E-state index in [9.17, 15) is 9.59 Å². The molecule has 0 atom stereocenters. The van der Waals surface area contributed by atoms with Crippen LogP contribution in [-0.4, -0.2) is 21.4 Å². The molecule has 0 saturated heterocycles. The van der Waals surface area contributed by atoms with E-state index in [1.165, 1.54) is 23.4 Å². The Bertz CT molecular complexity index is 405. The molecule has 5 heteroatoms. The van der Waals surface area contributed by atoms with E-state index in [1.807, 2.05) is 0 Å². The second-order valence-corrected chi connectivity index (χ2v) is 4.13. The van der Waals surface area contributed by atoms with Gasteiger partial charge in [-0.1, -0.05) is 0 Å². The number of hydrogen-bond donors (Lipinski definition) is 1. The lowest BCUT2D eigenvalue weighted by atomic mass is 10.2. The standard InChI is InChI=1S/C8H10N2O2S/c1-5(11)10-6-3-2-4-13-7(6)8(12)9-10/h2-4H2,1H3,(H,9,12). The van der Waals surface area contributed by atoms with Gasteiger partial charge in [0.05, 0.1) is 10.6 Å². The van der Waals surface area contributed by atoms with Crippen LogP contribution >= 0.6 is 11.8 Å². The number of aromatic nitrogens is 2. The van der Waals surface area contributed by atoms with E-state index >= 15 is 0 Å². The van der Waals surface area contributed by atoms with Crippen LogP contribution in [0.1, 0.15) is 23.8 Å². The maximum atomic E-state index is 11.3. The smallest absolute Gasteiger partial charge is 0.273 e. The van der Waals surface area contributed by atoms with Crippen molar-refractivity contribution in [2.75, 3.05) is 5.75 Å². The van der Waals surface area contributed by atoms with Crippen molar-refractivity contribution in [1.82, 2.24) is 9.78 Å². The second kappa shape index (κ2) is 3.06. The molecule has 0 saturated carbocycles. The Morgan fingerprint density at radius 1 is 1.62 bits per heavy atom. The Morgan fingerprint density at radius 3 is 3.08 bits per heavy atom. The van der Waals surface area contributed by atoms with Crippen LogP contribution in [0.2, 0.25) is 0 Å². The summed E-state index contributed by atoms with van der Waals surface area (Å²) < 4.78 is 1.36. The summed E-state index contributed by atoms with van der Waals surface area (Å²) in [5.41, 5.74) is 0.726. The zero-order valence-electron chi connectivity index (χ0n) is 7.29. The number of thioether (sulfide) groups is 1. The van der Waals surface area contributed by atoms with E-state index < -0.39 is 0 Å². The predicted molar refractivity (Wildman–Crippen MR) is 50.4 cm³/mol. The number of rotatable bonds is 0. The van der Waals surface area contributed by atoms with Crippen LogP contribution < -0.4 is 5.56 Å². The molecule has 1 aromatic heterocycles. The van der Waals surface area contributed by atoms with Gasteiger partial charge in [0.2, 0.25) is 5.91 Å². The highest BCUT2D eigenvalue weighted by Crippen LogP contribution is 2.26. The molecule has 0 radical (unpaired) electrons. The largest absolute Gasteiger partial charge is 0.278 e. The minimum atomic E-state index is -0.130. The number of carbonyl (C=O) groups excluding carboxylic acids is 1. The summed E-state index contributed by atoms with van der Waals surface area (Å²) in [5.74, 6) is 0.846. The number of hydrogen-bond acceptors (Lipinski definition) is 3. The van der Waals surface area contributed by atoms with Crippen molar-refractivity contribution in [1.29, 1.82) is 0 Å². The monoisotopic (exact) mass is 198 g/mol. The minimum Gasteiger partial charge on any atom is -0.273 e. The summed E-state index contributed by atoms with van der Waals surface area (Å²) in [6.45, 7) is 1.45. The zero-order chi connectivity index (χ0) is 9.42. The van der Waals surface area contributed by atoms with Gasteiger partial charge in [-0.2, -0.15) is 0 Å². The van der Waals surface area contributed by atoms with Crippen LogP contribution in [0.15, 0.2) is 9.69 Å². The molecule has 1 aliphatic heterocycles. The van der Waals surface area contributed by atoms with E-state index in [0.717, 1.165) is 29.2 Å². The van der Waals surface area contributed by atoms with Gasteiger partial charge in [-0.15, -0.1) is 11.8 Å². The van der Waals surface area contributed by atoms with Crippen molar-refractivity contribution in [2.24, 2.45) is 0 Å². The lowest BCUT2D eigenvalue weighted by molar-refractivity contribution is 0.0916. The van der Waals surface area contributed by atoms with Gasteiger partial charge in [0.1, 0.15) is 0 Å². The van der Waals surface area contributed by atoms with Crippen molar-refractivity contribution in [3.63, 3.8) is 0 Å². The molecule has 0 spiro atoms. The molecule has 0 fully saturated rings. The van der Waals surface area contributed by atoms with Crippen molar-refractivity contribution < 1.29 is 4.79 Å². The normalized spacial score (nSPS) is 15.5. The molecular weight excluding hydrogens is 188 g/mol. The summed E-state index contributed by atoms with van der Waals surface area (Å²) in [4.78, 5) is 23.2. The Kier molecular flexibility index (Phi) is 2.03. The minimum absolute atomic E-state index is 0.124. The van der Waals surface area contributed by atoms with E-state index in [4.69, 9.17) is 0 Å². The van der Waals surface area contributed by atoms with Crippen LogP contribution in [0.5, 0.6) is 0 Å². The SMILES string of the molecule is CC(=O)n1[nH]c(=O)c2c1CCCS2. The fraction of sp³-hybridized carbons (Fsp3) is 0.500. The number of nitrogens with one attached hydrogen (secondary N) is 1. The van der Waals surface area contributed by atoms with Gasteiger partial charge in [-0.05, 0) is 18.6 Å². The Morgan fingerprint density at radius 2 is 2.38 bits per heavy atom. The number of aromatic amines is 1. The number of H-pyrrole nitrogens is 1. The van der Waals surface area contributed by atoms with Crippen molar-refractivity contribution >= 4 is 17.7 Å². The topological polar surface area (TPSA) is 54.9 Å². The molecule has 0 aromatic carbocycles. The van der Waals surface area contributed by atoms with Crippen LogP contribution in [0.4, 0.5) is 0 Å². The Hall–Kier alpha value is -0.970. The van der Waals surface area contributed by atoms with Crippen molar-refractivity contribution in [3.8, 4) is 0 Å². The maximum absolute atomic E-state index is 11.3. The molecule has 1 aliphatic rings. The number of nitrogens with zero attached hydrogens (tertiary/aromatic N) is 1. The highest BCUT2D eigenvalue weighted by molar-refractivity contribution is 7.99. The van der Waals surface area contributed by atoms with Gasteiger partial charge >= 0.3 is 0 Å². The fourth-order valence-electron chi connectivity index (χ4n) is 1.51. The lowest BCUT2D eigenvalue weighted by Crippen LogP contribution is -2.14. The van der Waals surface area contributed by atoms with Gasteiger partial charge in [0.25, 0.3) is 5.56 Å². The Labute approximate surface area is 79.3 Å². The van der Waals surface area contributed by atoms with E-state index in [2.05, 4.69) is 5.10 Å². The highest BCUT2D eigenvalue weighted by atomic mass is 32.2. The Balaban J connectivity index is 2.60. The summed E-state index contributed by atoms with van der Waals surface area (Å²) in [6.07, 6.45) is 1.85. The summed E-state index contributed by atoms with van der Waals surface area (Å²) >= 11 is 1.54. The number of carbonyl (C=O) groups is 1. The molecule has 0 unspecified atom stereocenters. The van der Waals surface area contributed by atoms with Gasteiger partial charge in [0, 0.05) is 6.92 Å². The van der Waals surface area contributed by atoms with Crippen LogP contribution in [0, 0.1) is 0 Å². The van der Waals surface area contributed by atoms with Crippen LogP contribution in [-0.2, 0) is 6.42 Å². The predicted octanol–water partition coefficient (Wildman–Crippen LogP) is 0.875. The van der Waals surface area contributed by atoms with Crippen molar-refractivity contribution in [3.05, 3.63) is 16.0 Å². The molecule has 2 rings (SSSR count). The summed E-state index contributed by atoms with van der Waals surface area (Å²) in [5, 5.41) is 2.55. The first-order valence-electron chi connectivity index (χ1n) is 4.18. The van der Waals surface area contributed by atoms with E-state index in [-0.39, 0.29) is 11.5 Å². The maximum Gasteiger partial charge on any atom is 0.278 e. The van der Waals surface area contributed by atoms with Crippen LogP contribution in [0.3, 0.4) is 0 Å². The zero-order valence-corrected chi connectivity index (χ0v) is 8.11. The quantitative estimate of drug-likeness (QED) is 0.673. The van der Waals surface area contributed by atoms with Gasteiger partial charge in [-0.25, -0.2) is 4.68 Å². The molecular formula is C8H10N2O2S. The average molecular weight is 198 g/mol. The summed E-state index contributed by atoms with van der Waals surface area (Å²) in [7, 11) is 0. The molecule has 2 heterocycles. The highest BCUT2D eigenvalue weighted by Gasteiger charge is 2.20. The van der Waals surface area contributed by atoms with Gasteiger partial charge in [-0.3, -0.25) is 14.7 Å². The second-order valence-electron chi connectivity index (χ2n) is 3.02. The molecule has 1 aromatic rings. The van der Waals surface area contributed by atoms with Crippen LogP contribution in [0.25, 0.3) is 0 Å². The average Bonchev–Trinajstić information content (AvgIpc) is 2.45. The number of fused-ring (bicyclic) bond motifs is 1. The summed E-state index contributed by atoms with van der Waals surface area (Å²) in [6, 6.07) is 0. The molecule has 1 N–H and O–H groups in total. The lowest BCUT2D eigenvalue weighted by Gasteiger charge is -2.10. The molecule has 0 bridgehead atoms. The molecule has 0 aliphatic carbocycles. The third-order valence-electron chi connectivity index (χ3n) is 2.07. The van der Waals surface area contributed by atoms with E-state index in [1.54, 1.807) is 0 Å². The molecule has 70 valence electrons. The van der Waals surface area contributed by atoms with Crippen molar-refractivity contribution in [2.45, 2.75) is 24.7 Å². The third kappa shape index (κ3) is 1.33.